The predicted molar refractivity (Wildman–Crippen MR) is 73.6 cm³/mol. The van der Waals surface area contributed by atoms with Gasteiger partial charge < -0.3 is 14.7 Å². The van der Waals surface area contributed by atoms with Crippen molar-refractivity contribution in [3.63, 3.8) is 0 Å². The van der Waals surface area contributed by atoms with Crippen molar-refractivity contribution in [2.45, 2.75) is 51.2 Å². The van der Waals surface area contributed by atoms with Crippen LogP contribution in [0.15, 0.2) is 0 Å². The van der Waals surface area contributed by atoms with Crippen LogP contribution in [-0.4, -0.2) is 64.3 Å². The fourth-order valence-electron chi connectivity index (χ4n) is 2.83. The number of aliphatic carboxylic acids is 1. The van der Waals surface area contributed by atoms with E-state index in [1.807, 2.05) is 4.90 Å². The summed E-state index contributed by atoms with van der Waals surface area (Å²) in [5.41, 5.74) is -1.46. The Kier molecular flexibility index (Phi) is 3.95. The van der Waals surface area contributed by atoms with Crippen molar-refractivity contribution in [1.29, 1.82) is 0 Å². The molecule has 0 unspecified atom stereocenters. The van der Waals surface area contributed by atoms with Gasteiger partial charge in [0, 0.05) is 0 Å². The molecule has 20 heavy (non-hydrogen) atoms. The molecule has 6 heteroatoms. The van der Waals surface area contributed by atoms with Crippen molar-refractivity contribution in [1.82, 2.24) is 9.80 Å². The number of ether oxygens (including phenoxy) is 1. The van der Waals surface area contributed by atoms with E-state index in [9.17, 15) is 14.7 Å². The molecule has 2 fully saturated rings. The summed E-state index contributed by atoms with van der Waals surface area (Å²) >= 11 is 0. The second kappa shape index (κ2) is 5.24. The van der Waals surface area contributed by atoms with E-state index >= 15 is 0 Å². The molecule has 2 saturated heterocycles. The zero-order chi connectivity index (χ0) is 15.0. The number of nitrogens with zero attached hydrogens (tertiary/aromatic N) is 2. The van der Waals surface area contributed by atoms with Crippen molar-refractivity contribution in [2.24, 2.45) is 0 Å². The summed E-state index contributed by atoms with van der Waals surface area (Å²) in [7, 11) is 0. The zero-order valence-corrected chi connectivity index (χ0v) is 12.5. The molecular weight excluding hydrogens is 260 g/mol. The van der Waals surface area contributed by atoms with E-state index in [2.05, 4.69) is 0 Å². The lowest BCUT2D eigenvalue weighted by Gasteiger charge is -2.53. The summed E-state index contributed by atoms with van der Waals surface area (Å²) < 4.78 is 5.28. The molecule has 0 aromatic rings. The van der Waals surface area contributed by atoms with Gasteiger partial charge in [-0.05, 0) is 46.7 Å². The van der Waals surface area contributed by atoms with E-state index < -0.39 is 23.2 Å². The number of likely N-dealkylation sites (tertiary alicyclic amines) is 2. The zero-order valence-electron chi connectivity index (χ0n) is 12.5. The molecule has 0 spiro atoms. The second-order valence-electron chi connectivity index (χ2n) is 6.72. The number of carboxylic acids is 1. The number of piperidine rings is 1. The highest BCUT2D eigenvalue weighted by Gasteiger charge is 2.56. The topological polar surface area (TPSA) is 70.1 Å². The summed E-state index contributed by atoms with van der Waals surface area (Å²) in [6, 6.07) is 0. The van der Waals surface area contributed by atoms with Crippen LogP contribution in [0.4, 0.5) is 4.79 Å². The number of carbonyl (C=O) groups is 2. The number of carbonyl (C=O) groups excluding carboxylic acids is 1. The minimum absolute atomic E-state index is 0.219. The summed E-state index contributed by atoms with van der Waals surface area (Å²) in [6.45, 7) is 7.46. The van der Waals surface area contributed by atoms with E-state index in [4.69, 9.17) is 4.74 Å². The van der Waals surface area contributed by atoms with Crippen molar-refractivity contribution < 1.29 is 19.4 Å². The van der Waals surface area contributed by atoms with E-state index in [0.717, 1.165) is 32.4 Å². The number of carboxylic acid groups (broad SMARTS) is 1. The van der Waals surface area contributed by atoms with Crippen LogP contribution in [0.25, 0.3) is 0 Å². The van der Waals surface area contributed by atoms with Crippen molar-refractivity contribution in [3.8, 4) is 0 Å². The predicted octanol–water partition coefficient (Wildman–Crippen LogP) is 1.55. The number of hydrogen-bond acceptors (Lipinski definition) is 4. The fraction of sp³-hybridized carbons (Fsp3) is 0.857. The first kappa shape index (κ1) is 15.1. The van der Waals surface area contributed by atoms with Gasteiger partial charge in [-0.15, -0.1) is 0 Å². The lowest BCUT2D eigenvalue weighted by Crippen LogP contribution is -2.75. The van der Waals surface area contributed by atoms with Crippen molar-refractivity contribution >= 4 is 12.1 Å². The van der Waals surface area contributed by atoms with Crippen LogP contribution in [0.1, 0.15) is 40.0 Å². The Morgan fingerprint density at radius 2 is 1.65 bits per heavy atom. The van der Waals surface area contributed by atoms with E-state index in [-0.39, 0.29) is 13.1 Å². The number of rotatable bonds is 2. The van der Waals surface area contributed by atoms with Gasteiger partial charge in [-0.25, -0.2) is 4.79 Å². The van der Waals surface area contributed by atoms with Gasteiger partial charge in [0.15, 0.2) is 5.54 Å². The summed E-state index contributed by atoms with van der Waals surface area (Å²) in [6.07, 6.45) is 2.79. The summed E-state index contributed by atoms with van der Waals surface area (Å²) in [5.74, 6) is -0.834. The van der Waals surface area contributed by atoms with Gasteiger partial charge in [0.2, 0.25) is 0 Å². The Morgan fingerprint density at radius 1 is 1.10 bits per heavy atom. The van der Waals surface area contributed by atoms with Crippen LogP contribution in [0, 0.1) is 0 Å². The van der Waals surface area contributed by atoms with Gasteiger partial charge >= 0.3 is 12.1 Å². The summed E-state index contributed by atoms with van der Waals surface area (Å²) in [5, 5.41) is 9.55. The lowest BCUT2D eigenvalue weighted by atomic mass is 9.86. The van der Waals surface area contributed by atoms with E-state index in [1.54, 1.807) is 20.8 Å². The first-order valence-corrected chi connectivity index (χ1v) is 7.21. The molecule has 6 nitrogen and oxygen atoms in total. The maximum Gasteiger partial charge on any atom is 0.410 e. The molecule has 2 aliphatic heterocycles. The van der Waals surface area contributed by atoms with Crippen molar-refractivity contribution in [3.05, 3.63) is 0 Å². The molecule has 0 aromatic carbocycles. The smallest absolute Gasteiger partial charge is 0.410 e. The first-order chi connectivity index (χ1) is 9.24. The fourth-order valence-corrected chi connectivity index (χ4v) is 2.83. The van der Waals surface area contributed by atoms with Crippen LogP contribution in [0.5, 0.6) is 0 Å². The maximum atomic E-state index is 11.9. The molecule has 0 aromatic heterocycles. The second-order valence-corrected chi connectivity index (χ2v) is 6.72. The van der Waals surface area contributed by atoms with Gasteiger partial charge in [-0.1, -0.05) is 6.42 Å². The average molecular weight is 284 g/mol. The highest BCUT2D eigenvalue weighted by Crippen LogP contribution is 2.32. The maximum absolute atomic E-state index is 11.9. The average Bonchev–Trinajstić information content (AvgIpc) is 2.26. The molecule has 0 atom stereocenters. The van der Waals surface area contributed by atoms with Crippen molar-refractivity contribution in [2.75, 3.05) is 26.2 Å². The number of hydrogen-bond donors (Lipinski definition) is 1. The van der Waals surface area contributed by atoms with Gasteiger partial charge in [-0.3, -0.25) is 9.69 Å². The normalized spacial score (nSPS) is 23.1. The Morgan fingerprint density at radius 3 is 2.10 bits per heavy atom. The Bertz CT molecular complexity index is 390. The van der Waals surface area contributed by atoms with Gasteiger partial charge in [-0.2, -0.15) is 0 Å². The number of amides is 1. The third-order valence-corrected chi connectivity index (χ3v) is 3.92. The standard InChI is InChI=1S/C14H24N2O4/c1-13(2,3)20-12(19)15-9-14(10-15,11(17)18)16-7-5-4-6-8-16/h4-10H2,1-3H3,(H,17,18). The monoisotopic (exact) mass is 284 g/mol. The molecule has 114 valence electrons. The molecule has 1 N–H and O–H groups in total. The Labute approximate surface area is 119 Å². The largest absolute Gasteiger partial charge is 0.480 e. The van der Waals surface area contributed by atoms with E-state index in [0.29, 0.717) is 0 Å². The van der Waals surface area contributed by atoms with Gasteiger partial charge in [0.05, 0.1) is 13.1 Å². The van der Waals surface area contributed by atoms with Crippen LogP contribution in [0.2, 0.25) is 0 Å². The SMILES string of the molecule is CC(C)(C)OC(=O)N1CC(C(=O)O)(N2CCCCC2)C1. The minimum atomic E-state index is -0.905. The van der Waals surface area contributed by atoms with Crippen LogP contribution in [-0.2, 0) is 9.53 Å². The molecule has 2 rings (SSSR count). The highest BCUT2D eigenvalue weighted by molar-refractivity contribution is 5.84. The van der Waals surface area contributed by atoms with Gasteiger partial charge in [0.1, 0.15) is 5.60 Å². The minimum Gasteiger partial charge on any atom is -0.480 e. The third-order valence-electron chi connectivity index (χ3n) is 3.92. The Hall–Kier alpha value is -1.30. The molecule has 0 saturated carbocycles. The molecule has 2 aliphatic rings. The van der Waals surface area contributed by atoms with Crippen LogP contribution in [0.3, 0.4) is 0 Å². The molecular formula is C14H24N2O4. The van der Waals surface area contributed by atoms with E-state index in [1.165, 1.54) is 4.90 Å². The summed E-state index contributed by atoms with van der Waals surface area (Å²) in [4.78, 5) is 27.1. The molecule has 2 heterocycles. The van der Waals surface area contributed by atoms with Gasteiger partial charge in [0.25, 0.3) is 0 Å². The molecule has 0 radical (unpaired) electrons. The lowest BCUT2D eigenvalue weighted by molar-refractivity contribution is -0.165. The first-order valence-electron chi connectivity index (χ1n) is 7.21. The quantitative estimate of drug-likeness (QED) is 0.833. The van der Waals surface area contributed by atoms with Crippen LogP contribution < -0.4 is 0 Å². The molecule has 0 bridgehead atoms. The highest BCUT2D eigenvalue weighted by atomic mass is 16.6. The molecule has 0 aliphatic carbocycles. The third kappa shape index (κ3) is 2.90. The van der Waals surface area contributed by atoms with Crippen LogP contribution >= 0.6 is 0 Å². The Balaban J connectivity index is 1.98. The molecule has 1 amide bonds.